The van der Waals surface area contributed by atoms with Crippen LogP contribution in [0.25, 0.3) is 0 Å². The maximum Gasteiger partial charge on any atom is 0.257 e. The zero-order valence-corrected chi connectivity index (χ0v) is 12.4. The average Bonchev–Trinajstić information content (AvgIpc) is 2.46. The standard InChI is InChI=1S/C16H23NO3/c1-11-4-5-15(20-3)14(10-11)16(19)17-8-6-13(7-9-17)12(2)18/h4-5,10,12-13,18H,6-9H2,1-3H3. The molecule has 1 saturated heterocycles. The van der Waals surface area contributed by atoms with Crippen LogP contribution < -0.4 is 4.74 Å². The van der Waals surface area contributed by atoms with Crippen molar-refractivity contribution in [3.63, 3.8) is 0 Å². The van der Waals surface area contributed by atoms with E-state index in [1.54, 1.807) is 7.11 Å². The first-order valence-corrected chi connectivity index (χ1v) is 7.15. The van der Waals surface area contributed by atoms with Crippen molar-refractivity contribution in [2.24, 2.45) is 5.92 Å². The van der Waals surface area contributed by atoms with Gasteiger partial charge in [0, 0.05) is 13.1 Å². The Kier molecular flexibility index (Phi) is 4.65. The Bertz CT molecular complexity index is 477. The van der Waals surface area contributed by atoms with Gasteiger partial charge in [0.2, 0.25) is 0 Å². The van der Waals surface area contributed by atoms with Gasteiger partial charge in [-0.3, -0.25) is 4.79 Å². The summed E-state index contributed by atoms with van der Waals surface area (Å²) < 4.78 is 5.28. The van der Waals surface area contributed by atoms with E-state index >= 15 is 0 Å². The number of aryl methyl sites for hydroxylation is 1. The highest BCUT2D eigenvalue weighted by atomic mass is 16.5. The molecule has 1 aliphatic rings. The molecule has 0 radical (unpaired) electrons. The summed E-state index contributed by atoms with van der Waals surface area (Å²) in [5.41, 5.74) is 1.68. The number of likely N-dealkylation sites (tertiary alicyclic amines) is 1. The molecule has 2 rings (SSSR count). The third-order valence-corrected chi connectivity index (χ3v) is 4.09. The molecule has 4 heteroatoms. The van der Waals surface area contributed by atoms with Crippen LogP contribution in [0.5, 0.6) is 5.75 Å². The molecule has 1 N–H and O–H groups in total. The molecule has 1 fully saturated rings. The second-order valence-electron chi connectivity index (χ2n) is 5.57. The summed E-state index contributed by atoms with van der Waals surface area (Å²) in [7, 11) is 1.58. The van der Waals surface area contributed by atoms with Crippen molar-refractivity contribution in [2.75, 3.05) is 20.2 Å². The molecular weight excluding hydrogens is 254 g/mol. The van der Waals surface area contributed by atoms with Crippen molar-refractivity contribution in [2.45, 2.75) is 32.8 Å². The van der Waals surface area contributed by atoms with Gasteiger partial charge in [-0.05, 0) is 44.7 Å². The first kappa shape index (κ1) is 14.9. The monoisotopic (exact) mass is 277 g/mol. The number of ether oxygens (including phenoxy) is 1. The number of rotatable bonds is 3. The second kappa shape index (κ2) is 6.27. The first-order valence-electron chi connectivity index (χ1n) is 7.15. The number of benzene rings is 1. The van der Waals surface area contributed by atoms with E-state index in [4.69, 9.17) is 4.74 Å². The van der Waals surface area contributed by atoms with Gasteiger partial charge < -0.3 is 14.7 Å². The molecule has 0 bridgehead atoms. The fourth-order valence-corrected chi connectivity index (χ4v) is 2.74. The number of methoxy groups -OCH3 is 1. The van der Waals surface area contributed by atoms with Gasteiger partial charge in [0.05, 0.1) is 18.8 Å². The molecule has 4 nitrogen and oxygen atoms in total. The van der Waals surface area contributed by atoms with E-state index in [1.807, 2.05) is 36.9 Å². The molecule has 1 aromatic rings. The summed E-state index contributed by atoms with van der Waals surface area (Å²) in [6.07, 6.45) is 1.43. The summed E-state index contributed by atoms with van der Waals surface area (Å²) in [6, 6.07) is 5.66. The molecule has 1 amide bonds. The maximum atomic E-state index is 12.6. The minimum Gasteiger partial charge on any atom is -0.496 e. The zero-order valence-electron chi connectivity index (χ0n) is 12.4. The van der Waals surface area contributed by atoms with Crippen molar-refractivity contribution in [1.82, 2.24) is 4.90 Å². The van der Waals surface area contributed by atoms with Crippen LogP contribution in [0.3, 0.4) is 0 Å². The topological polar surface area (TPSA) is 49.8 Å². The van der Waals surface area contributed by atoms with Crippen LogP contribution in [0.15, 0.2) is 18.2 Å². The molecule has 0 saturated carbocycles. The van der Waals surface area contributed by atoms with Gasteiger partial charge in [0.15, 0.2) is 0 Å². The van der Waals surface area contributed by atoms with Crippen LogP contribution in [0.2, 0.25) is 0 Å². The number of hydrogen-bond donors (Lipinski definition) is 1. The average molecular weight is 277 g/mol. The van der Waals surface area contributed by atoms with E-state index < -0.39 is 0 Å². The van der Waals surface area contributed by atoms with Crippen LogP contribution in [0.4, 0.5) is 0 Å². The highest BCUT2D eigenvalue weighted by molar-refractivity contribution is 5.97. The Balaban J connectivity index is 2.11. The largest absolute Gasteiger partial charge is 0.496 e. The fraction of sp³-hybridized carbons (Fsp3) is 0.562. The molecule has 0 aliphatic carbocycles. The first-order chi connectivity index (χ1) is 9.52. The van der Waals surface area contributed by atoms with E-state index in [2.05, 4.69) is 0 Å². The summed E-state index contributed by atoms with van der Waals surface area (Å²) >= 11 is 0. The Morgan fingerprint density at radius 1 is 1.40 bits per heavy atom. The molecule has 20 heavy (non-hydrogen) atoms. The summed E-state index contributed by atoms with van der Waals surface area (Å²) in [6.45, 7) is 5.19. The van der Waals surface area contributed by atoms with Crippen molar-refractivity contribution >= 4 is 5.91 Å². The minimum atomic E-state index is -0.291. The van der Waals surface area contributed by atoms with Crippen LogP contribution in [0, 0.1) is 12.8 Å². The van der Waals surface area contributed by atoms with Gasteiger partial charge in [-0.25, -0.2) is 0 Å². The van der Waals surface area contributed by atoms with Gasteiger partial charge in [-0.15, -0.1) is 0 Å². The Labute approximate surface area is 120 Å². The Morgan fingerprint density at radius 3 is 2.60 bits per heavy atom. The van der Waals surface area contributed by atoms with E-state index in [0.29, 0.717) is 30.3 Å². The van der Waals surface area contributed by atoms with Crippen molar-refractivity contribution in [3.05, 3.63) is 29.3 Å². The third-order valence-electron chi connectivity index (χ3n) is 4.09. The molecule has 0 aromatic heterocycles. The molecule has 110 valence electrons. The lowest BCUT2D eigenvalue weighted by molar-refractivity contribution is 0.0519. The highest BCUT2D eigenvalue weighted by Gasteiger charge is 2.27. The number of piperidine rings is 1. The van der Waals surface area contributed by atoms with Crippen molar-refractivity contribution in [3.8, 4) is 5.75 Å². The van der Waals surface area contributed by atoms with Gasteiger partial charge in [-0.1, -0.05) is 11.6 Å². The SMILES string of the molecule is COc1ccc(C)cc1C(=O)N1CCC(C(C)O)CC1. The fourth-order valence-electron chi connectivity index (χ4n) is 2.74. The van der Waals surface area contributed by atoms with Crippen molar-refractivity contribution < 1.29 is 14.6 Å². The predicted octanol–water partition coefficient (Wildman–Crippen LogP) is 2.24. The Hall–Kier alpha value is -1.55. The number of hydrogen-bond acceptors (Lipinski definition) is 3. The summed E-state index contributed by atoms with van der Waals surface area (Å²) in [5, 5.41) is 9.61. The lowest BCUT2D eigenvalue weighted by Gasteiger charge is -2.33. The predicted molar refractivity (Wildman–Crippen MR) is 78.0 cm³/mol. The lowest BCUT2D eigenvalue weighted by atomic mass is 9.92. The summed E-state index contributed by atoms with van der Waals surface area (Å²) in [4.78, 5) is 14.4. The number of aliphatic hydroxyl groups excluding tert-OH is 1. The van der Waals surface area contributed by atoms with Crippen molar-refractivity contribution in [1.29, 1.82) is 0 Å². The number of carbonyl (C=O) groups is 1. The molecule has 1 unspecified atom stereocenters. The van der Waals surface area contributed by atoms with Gasteiger partial charge in [0.25, 0.3) is 5.91 Å². The maximum absolute atomic E-state index is 12.6. The van der Waals surface area contributed by atoms with Gasteiger partial charge >= 0.3 is 0 Å². The van der Waals surface area contributed by atoms with Crippen LogP contribution in [0.1, 0.15) is 35.7 Å². The lowest BCUT2D eigenvalue weighted by Crippen LogP contribution is -2.40. The third kappa shape index (κ3) is 3.12. The van der Waals surface area contributed by atoms with Crippen LogP contribution >= 0.6 is 0 Å². The number of amides is 1. The smallest absolute Gasteiger partial charge is 0.257 e. The molecular formula is C16H23NO3. The van der Waals surface area contributed by atoms with Crippen LogP contribution in [-0.2, 0) is 0 Å². The zero-order chi connectivity index (χ0) is 14.7. The van der Waals surface area contributed by atoms with E-state index in [0.717, 1.165) is 18.4 Å². The second-order valence-corrected chi connectivity index (χ2v) is 5.57. The van der Waals surface area contributed by atoms with E-state index in [-0.39, 0.29) is 12.0 Å². The van der Waals surface area contributed by atoms with Gasteiger partial charge in [-0.2, -0.15) is 0 Å². The van der Waals surface area contributed by atoms with Gasteiger partial charge in [0.1, 0.15) is 5.75 Å². The van der Waals surface area contributed by atoms with E-state index in [1.165, 1.54) is 0 Å². The quantitative estimate of drug-likeness (QED) is 0.921. The molecule has 1 aromatic carbocycles. The highest BCUT2D eigenvalue weighted by Crippen LogP contribution is 2.25. The summed E-state index contributed by atoms with van der Waals surface area (Å²) in [5.74, 6) is 0.950. The number of aliphatic hydroxyl groups is 1. The molecule has 1 heterocycles. The number of carbonyl (C=O) groups excluding carboxylic acids is 1. The normalized spacial score (nSPS) is 17.9. The molecule has 0 spiro atoms. The Morgan fingerprint density at radius 2 is 2.05 bits per heavy atom. The van der Waals surface area contributed by atoms with E-state index in [9.17, 15) is 9.90 Å². The molecule has 1 atom stereocenters. The molecule has 1 aliphatic heterocycles. The minimum absolute atomic E-state index is 0.0228. The number of nitrogens with zero attached hydrogens (tertiary/aromatic N) is 1. The van der Waals surface area contributed by atoms with Crippen LogP contribution in [-0.4, -0.2) is 42.2 Å².